The number of ether oxygens (including phenoxy) is 1. The van der Waals surface area contributed by atoms with Crippen LogP contribution in [0.5, 0.6) is 5.75 Å². The minimum atomic E-state index is -0.186. The highest BCUT2D eigenvalue weighted by Crippen LogP contribution is 2.11. The van der Waals surface area contributed by atoms with E-state index in [9.17, 15) is 9.59 Å². The standard InChI is InChI=1S/C18H21N5O3/c1-22-17-15(11-21-22)18(25)23(12-20-17)10-8-16(24)19-9-7-13-3-5-14(26-2)6-4-13/h3-6,11-12H,7-10H2,1-2H3,(H,19,24). The van der Waals surface area contributed by atoms with E-state index in [0.29, 0.717) is 17.6 Å². The van der Waals surface area contributed by atoms with Gasteiger partial charge in [0.2, 0.25) is 5.91 Å². The smallest absolute Gasteiger partial charge is 0.264 e. The summed E-state index contributed by atoms with van der Waals surface area (Å²) in [5.74, 6) is 0.708. The number of fused-ring (bicyclic) bond motifs is 1. The number of rotatable bonds is 7. The molecule has 3 rings (SSSR count). The third kappa shape index (κ3) is 3.90. The second-order valence-electron chi connectivity index (χ2n) is 5.95. The largest absolute Gasteiger partial charge is 0.497 e. The van der Waals surface area contributed by atoms with Gasteiger partial charge in [0.25, 0.3) is 5.56 Å². The van der Waals surface area contributed by atoms with Crippen LogP contribution in [-0.4, -0.2) is 38.9 Å². The molecule has 1 aromatic carbocycles. The lowest BCUT2D eigenvalue weighted by atomic mass is 10.1. The maximum atomic E-state index is 12.3. The molecule has 0 saturated carbocycles. The molecular weight excluding hydrogens is 334 g/mol. The first kappa shape index (κ1) is 17.7. The Morgan fingerprint density at radius 2 is 2.04 bits per heavy atom. The summed E-state index contributed by atoms with van der Waals surface area (Å²) in [4.78, 5) is 28.6. The predicted octanol–water partition coefficient (Wildman–Crippen LogP) is 0.888. The Labute approximate surface area is 150 Å². The molecule has 0 bridgehead atoms. The van der Waals surface area contributed by atoms with Crippen molar-refractivity contribution < 1.29 is 9.53 Å². The van der Waals surface area contributed by atoms with Crippen LogP contribution >= 0.6 is 0 Å². The van der Waals surface area contributed by atoms with Crippen LogP contribution in [0.15, 0.2) is 41.6 Å². The lowest BCUT2D eigenvalue weighted by molar-refractivity contribution is -0.121. The number of hydrogen-bond acceptors (Lipinski definition) is 5. The van der Waals surface area contributed by atoms with Crippen LogP contribution in [0, 0.1) is 0 Å². The molecule has 0 aliphatic carbocycles. The first-order chi connectivity index (χ1) is 12.6. The summed E-state index contributed by atoms with van der Waals surface area (Å²) in [7, 11) is 3.36. The molecule has 8 nitrogen and oxygen atoms in total. The molecule has 0 unspecified atom stereocenters. The van der Waals surface area contributed by atoms with E-state index in [1.165, 1.54) is 17.1 Å². The van der Waals surface area contributed by atoms with Gasteiger partial charge in [0, 0.05) is 26.6 Å². The number of hydrogen-bond donors (Lipinski definition) is 1. The van der Waals surface area contributed by atoms with Gasteiger partial charge in [-0.1, -0.05) is 12.1 Å². The van der Waals surface area contributed by atoms with Gasteiger partial charge in [-0.3, -0.25) is 18.8 Å². The number of nitrogens with one attached hydrogen (secondary N) is 1. The zero-order valence-electron chi connectivity index (χ0n) is 14.8. The van der Waals surface area contributed by atoms with Crippen molar-refractivity contribution in [2.45, 2.75) is 19.4 Å². The number of amides is 1. The zero-order valence-corrected chi connectivity index (χ0v) is 14.8. The summed E-state index contributed by atoms with van der Waals surface area (Å²) in [5.41, 5.74) is 1.47. The van der Waals surface area contributed by atoms with Gasteiger partial charge in [-0.05, 0) is 24.1 Å². The summed E-state index contributed by atoms with van der Waals surface area (Å²) in [5, 5.41) is 7.35. The van der Waals surface area contributed by atoms with Crippen LogP contribution < -0.4 is 15.6 Å². The van der Waals surface area contributed by atoms with Gasteiger partial charge in [-0.15, -0.1) is 0 Å². The van der Waals surface area contributed by atoms with Crippen molar-refractivity contribution in [3.63, 3.8) is 0 Å². The molecule has 136 valence electrons. The fourth-order valence-corrected chi connectivity index (χ4v) is 2.67. The molecule has 1 N–H and O–H groups in total. The molecule has 0 radical (unpaired) electrons. The Bertz CT molecular complexity index is 959. The number of methoxy groups -OCH3 is 1. The first-order valence-corrected chi connectivity index (χ1v) is 8.35. The van der Waals surface area contributed by atoms with E-state index < -0.39 is 0 Å². The van der Waals surface area contributed by atoms with Crippen LogP contribution in [0.25, 0.3) is 11.0 Å². The second kappa shape index (κ2) is 7.81. The molecule has 1 amide bonds. The Kier molecular flexibility index (Phi) is 5.31. The molecule has 0 spiro atoms. The minimum Gasteiger partial charge on any atom is -0.497 e. The number of nitrogens with zero attached hydrogens (tertiary/aromatic N) is 4. The highest BCUT2D eigenvalue weighted by atomic mass is 16.5. The number of carbonyl (C=O) groups is 1. The Balaban J connectivity index is 1.49. The molecule has 2 aromatic heterocycles. The van der Waals surface area contributed by atoms with E-state index in [2.05, 4.69) is 15.4 Å². The molecule has 0 aliphatic rings. The van der Waals surface area contributed by atoms with Gasteiger partial charge >= 0.3 is 0 Å². The summed E-state index contributed by atoms with van der Waals surface area (Å²) in [6.07, 6.45) is 3.90. The van der Waals surface area contributed by atoms with Gasteiger partial charge < -0.3 is 10.1 Å². The molecule has 8 heteroatoms. The average molecular weight is 355 g/mol. The van der Waals surface area contributed by atoms with E-state index in [0.717, 1.165) is 17.7 Å². The van der Waals surface area contributed by atoms with Crippen LogP contribution in [0.1, 0.15) is 12.0 Å². The van der Waals surface area contributed by atoms with Gasteiger partial charge in [0.05, 0.1) is 19.6 Å². The monoisotopic (exact) mass is 355 g/mol. The number of benzene rings is 1. The van der Waals surface area contributed by atoms with E-state index in [1.54, 1.807) is 18.8 Å². The normalized spacial score (nSPS) is 10.8. The Hall–Kier alpha value is -3.16. The van der Waals surface area contributed by atoms with Crippen molar-refractivity contribution in [1.82, 2.24) is 24.6 Å². The quantitative estimate of drug-likeness (QED) is 0.680. The number of aromatic nitrogens is 4. The molecule has 2 heterocycles. The maximum Gasteiger partial charge on any atom is 0.264 e. The Morgan fingerprint density at radius 3 is 2.77 bits per heavy atom. The van der Waals surface area contributed by atoms with Crippen molar-refractivity contribution in [2.75, 3.05) is 13.7 Å². The van der Waals surface area contributed by atoms with E-state index in [4.69, 9.17) is 4.74 Å². The molecule has 3 aromatic rings. The molecule has 0 aliphatic heterocycles. The van der Waals surface area contributed by atoms with Crippen LogP contribution in [0.4, 0.5) is 0 Å². The maximum absolute atomic E-state index is 12.3. The highest BCUT2D eigenvalue weighted by Gasteiger charge is 2.09. The van der Waals surface area contributed by atoms with Gasteiger partial charge in [-0.25, -0.2) is 4.98 Å². The number of carbonyl (C=O) groups excluding carboxylic acids is 1. The zero-order chi connectivity index (χ0) is 18.5. The lowest BCUT2D eigenvalue weighted by Gasteiger charge is -2.08. The van der Waals surface area contributed by atoms with Crippen molar-refractivity contribution in [3.05, 3.63) is 52.7 Å². The van der Waals surface area contributed by atoms with Crippen molar-refractivity contribution >= 4 is 16.9 Å². The molecular formula is C18H21N5O3. The van der Waals surface area contributed by atoms with Crippen LogP contribution in [0.3, 0.4) is 0 Å². The topological polar surface area (TPSA) is 91.0 Å². The molecule has 0 fully saturated rings. The molecule has 0 atom stereocenters. The Morgan fingerprint density at radius 1 is 1.27 bits per heavy atom. The van der Waals surface area contributed by atoms with Crippen molar-refractivity contribution in [1.29, 1.82) is 0 Å². The van der Waals surface area contributed by atoms with E-state index in [-0.39, 0.29) is 24.4 Å². The fourth-order valence-electron chi connectivity index (χ4n) is 2.67. The summed E-state index contributed by atoms with van der Waals surface area (Å²) >= 11 is 0. The second-order valence-corrected chi connectivity index (χ2v) is 5.95. The third-order valence-electron chi connectivity index (χ3n) is 4.19. The lowest BCUT2D eigenvalue weighted by Crippen LogP contribution is -2.29. The van der Waals surface area contributed by atoms with E-state index in [1.807, 2.05) is 24.3 Å². The summed E-state index contributed by atoms with van der Waals surface area (Å²) in [6.45, 7) is 0.824. The van der Waals surface area contributed by atoms with E-state index >= 15 is 0 Å². The fraction of sp³-hybridized carbons (Fsp3) is 0.333. The third-order valence-corrected chi connectivity index (χ3v) is 4.19. The predicted molar refractivity (Wildman–Crippen MR) is 97.1 cm³/mol. The number of aryl methyl sites for hydroxylation is 2. The van der Waals surface area contributed by atoms with Gasteiger partial charge in [0.15, 0.2) is 5.65 Å². The van der Waals surface area contributed by atoms with Crippen LogP contribution in [-0.2, 0) is 24.8 Å². The average Bonchev–Trinajstić information content (AvgIpc) is 3.03. The van der Waals surface area contributed by atoms with Gasteiger partial charge in [0.1, 0.15) is 11.1 Å². The van der Waals surface area contributed by atoms with Crippen LogP contribution in [0.2, 0.25) is 0 Å². The van der Waals surface area contributed by atoms with Crippen molar-refractivity contribution in [2.24, 2.45) is 7.05 Å². The van der Waals surface area contributed by atoms with Gasteiger partial charge in [-0.2, -0.15) is 5.10 Å². The highest BCUT2D eigenvalue weighted by molar-refractivity contribution is 5.76. The SMILES string of the molecule is COc1ccc(CCNC(=O)CCn2cnc3c(cnn3C)c2=O)cc1. The summed E-state index contributed by atoms with van der Waals surface area (Å²) in [6, 6.07) is 7.73. The van der Waals surface area contributed by atoms with Crippen molar-refractivity contribution in [3.8, 4) is 5.75 Å². The molecule has 26 heavy (non-hydrogen) atoms. The molecule has 0 saturated heterocycles. The minimum absolute atomic E-state index is 0.100. The first-order valence-electron chi connectivity index (χ1n) is 8.35. The summed E-state index contributed by atoms with van der Waals surface area (Å²) < 4.78 is 8.10.